The topological polar surface area (TPSA) is 21.6 Å². The van der Waals surface area contributed by atoms with Crippen LogP contribution in [0.1, 0.15) is 12.0 Å². The van der Waals surface area contributed by atoms with Gasteiger partial charge in [-0.15, -0.1) is 0 Å². The Morgan fingerprint density at radius 1 is 1.47 bits per heavy atom. The van der Waals surface area contributed by atoms with Gasteiger partial charge in [0.05, 0.1) is 10.7 Å². The molecule has 0 fully saturated rings. The van der Waals surface area contributed by atoms with Crippen LogP contribution in [0.15, 0.2) is 23.4 Å². The molecule has 1 aliphatic heterocycles. The Labute approximate surface area is 106 Å². The molecule has 0 N–H and O–H groups in total. The Bertz CT molecular complexity index is 408. The lowest BCUT2D eigenvalue weighted by Crippen LogP contribution is -2.09. The van der Waals surface area contributed by atoms with Crippen molar-refractivity contribution in [3.05, 3.63) is 33.8 Å². The van der Waals surface area contributed by atoms with Gasteiger partial charge in [-0.25, -0.2) is 0 Å². The molecule has 0 spiro atoms. The normalized spacial score (nSPS) is 19.9. The molecule has 1 aromatic carbocycles. The van der Waals surface area contributed by atoms with E-state index in [1.54, 1.807) is 12.1 Å². The summed E-state index contributed by atoms with van der Waals surface area (Å²) in [6, 6.07) is 5.37. The first-order chi connectivity index (χ1) is 7.20. The summed E-state index contributed by atoms with van der Waals surface area (Å²) in [5, 5.41) is 6.01. The second kappa shape index (κ2) is 4.73. The fourth-order valence-corrected chi connectivity index (χ4v) is 2.26. The van der Waals surface area contributed by atoms with Gasteiger partial charge in [-0.1, -0.05) is 50.4 Å². The summed E-state index contributed by atoms with van der Waals surface area (Å²) in [4.78, 5) is 5.20. The molecule has 1 aromatic rings. The molecule has 0 amide bonds. The van der Waals surface area contributed by atoms with Crippen LogP contribution in [-0.4, -0.2) is 17.1 Å². The minimum Gasteiger partial charge on any atom is -0.391 e. The van der Waals surface area contributed by atoms with Crippen LogP contribution in [0.2, 0.25) is 10.0 Å². The van der Waals surface area contributed by atoms with Gasteiger partial charge in [0.15, 0.2) is 0 Å². The van der Waals surface area contributed by atoms with E-state index >= 15 is 0 Å². The van der Waals surface area contributed by atoms with Crippen molar-refractivity contribution in [2.75, 3.05) is 5.33 Å². The Hall–Kier alpha value is -0.250. The maximum absolute atomic E-state index is 6.07. The molecule has 15 heavy (non-hydrogen) atoms. The number of halogens is 3. The van der Waals surface area contributed by atoms with E-state index in [2.05, 4.69) is 21.1 Å². The zero-order valence-corrected chi connectivity index (χ0v) is 10.8. The van der Waals surface area contributed by atoms with Gasteiger partial charge in [0.25, 0.3) is 0 Å². The Morgan fingerprint density at radius 3 is 2.87 bits per heavy atom. The van der Waals surface area contributed by atoms with Gasteiger partial charge in [-0.05, 0) is 12.1 Å². The number of rotatable bonds is 2. The molecule has 2 rings (SSSR count). The van der Waals surface area contributed by atoms with E-state index in [4.69, 9.17) is 28.0 Å². The first-order valence-corrected chi connectivity index (χ1v) is 6.32. The number of oxime groups is 1. The molecule has 0 bridgehead atoms. The molecule has 2 nitrogen and oxygen atoms in total. The summed E-state index contributed by atoms with van der Waals surface area (Å²) in [5.74, 6) is 0. The quantitative estimate of drug-likeness (QED) is 0.760. The third-order valence-corrected chi connectivity index (χ3v) is 3.42. The molecule has 0 unspecified atom stereocenters. The van der Waals surface area contributed by atoms with Gasteiger partial charge < -0.3 is 4.84 Å². The van der Waals surface area contributed by atoms with Crippen molar-refractivity contribution >= 4 is 44.8 Å². The van der Waals surface area contributed by atoms with Crippen LogP contribution in [-0.2, 0) is 4.84 Å². The number of benzene rings is 1. The summed E-state index contributed by atoms with van der Waals surface area (Å²) >= 11 is 15.2. The summed E-state index contributed by atoms with van der Waals surface area (Å²) in [6.07, 6.45) is 0.874. The standard InChI is InChI=1S/C10H8BrCl2NO/c11-5-7-4-10(14-15-7)8-2-1-6(12)3-9(8)13/h1-3,7H,4-5H2/t7-/m0/s1. The van der Waals surface area contributed by atoms with Crippen molar-refractivity contribution in [1.82, 2.24) is 0 Å². The van der Waals surface area contributed by atoms with Gasteiger partial charge in [0.1, 0.15) is 6.10 Å². The van der Waals surface area contributed by atoms with Crippen LogP contribution in [0, 0.1) is 0 Å². The van der Waals surface area contributed by atoms with E-state index in [0.29, 0.717) is 10.0 Å². The second-order valence-corrected chi connectivity index (χ2v) is 4.74. The lowest BCUT2D eigenvalue weighted by atomic mass is 10.1. The van der Waals surface area contributed by atoms with E-state index in [1.807, 2.05) is 6.07 Å². The molecular weight excluding hydrogens is 301 g/mol. The third-order valence-electron chi connectivity index (χ3n) is 2.15. The fraction of sp³-hybridized carbons (Fsp3) is 0.300. The monoisotopic (exact) mass is 307 g/mol. The highest BCUT2D eigenvalue weighted by atomic mass is 79.9. The van der Waals surface area contributed by atoms with E-state index in [1.165, 1.54) is 0 Å². The lowest BCUT2D eigenvalue weighted by molar-refractivity contribution is 0.104. The zero-order chi connectivity index (χ0) is 10.8. The Balaban J connectivity index is 2.24. The Morgan fingerprint density at radius 2 is 2.27 bits per heavy atom. The molecule has 1 heterocycles. The lowest BCUT2D eigenvalue weighted by Gasteiger charge is -2.03. The summed E-state index contributed by atoms with van der Waals surface area (Å²) in [6.45, 7) is 0. The SMILES string of the molecule is Clc1ccc(C2=NO[C@H](CBr)C2)c(Cl)c1. The predicted octanol–water partition coefficient (Wildman–Crippen LogP) is 3.88. The largest absolute Gasteiger partial charge is 0.391 e. The molecule has 0 saturated heterocycles. The number of alkyl halides is 1. The van der Waals surface area contributed by atoms with Gasteiger partial charge in [-0.2, -0.15) is 0 Å². The summed E-state index contributed by atoms with van der Waals surface area (Å²) < 4.78 is 0. The molecule has 0 saturated carbocycles. The van der Waals surface area contributed by atoms with Crippen LogP contribution >= 0.6 is 39.1 Å². The van der Waals surface area contributed by atoms with Crippen molar-refractivity contribution in [1.29, 1.82) is 0 Å². The highest BCUT2D eigenvalue weighted by molar-refractivity contribution is 9.09. The molecule has 5 heteroatoms. The maximum atomic E-state index is 6.07. The van der Waals surface area contributed by atoms with E-state index in [9.17, 15) is 0 Å². The molecule has 0 radical (unpaired) electrons. The maximum Gasteiger partial charge on any atom is 0.142 e. The van der Waals surface area contributed by atoms with Crippen molar-refractivity contribution in [3.63, 3.8) is 0 Å². The first-order valence-electron chi connectivity index (χ1n) is 4.45. The van der Waals surface area contributed by atoms with Gasteiger partial charge in [0.2, 0.25) is 0 Å². The first kappa shape index (κ1) is 11.2. The second-order valence-electron chi connectivity index (χ2n) is 3.25. The van der Waals surface area contributed by atoms with Crippen LogP contribution in [0.25, 0.3) is 0 Å². The van der Waals surface area contributed by atoms with Crippen LogP contribution < -0.4 is 0 Å². The predicted molar refractivity (Wildman–Crippen MR) is 66.3 cm³/mol. The molecule has 0 aromatic heterocycles. The van der Waals surface area contributed by atoms with Gasteiger partial charge in [0, 0.05) is 22.3 Å². The van der Waals surface area contributed by atoms with Gasteiger partial charge >= 0.3 is 0 Å². The minimum absolute atomic E-state index is 0.103. The van der Waals surface area contributed by atoms with Crippen LogP contribution in [0.5, 0.6) is 0 Å². The van der Waals surface area contributed by atoms with Crippen molar-refractivity contribution < 1.29 is 4.84 Å². The molecule has 1 aliphatic rings. The number of nitrogens with zero attached hydrogens (tertiary/aromatic N) is 1. The van der Waals surface area contributed by atoms with Crippen molar-refractivity contribution in [2.24, 2.45) is 5.16 Å². The highest BCUT2D eigenvalue weighted by Crippen LogP contribution is 2.26. The average molecular weight is 309 g/mol. The minimum atomic E-state index is 0.103. The number of hydrogen-bond acceptors (Lipinski definition) is 2. The Kier molecular flexibility index (Phi) is 3.54. The fourth-order valence-electron chi connectivity index (χ4n) is 1.39. The molecular formula is C10H8BrCl2NO. The van der Waals surface area contributed by atoms with Gasteiger partial charge in [-0.3, -0.25) is 0 Å². The van der Waals surface area contributed by atoms with Crippen molar-refractivity contribution in [3.8, 4) is 0 Å². The smallest absolute Gasteiger partial charge is 0.142 e. The van der Waals surface area contributed by atoms with E-state index in [-0.39, 0.29) is 6.10 Å². The van der Waals surface area contributed by atoms with Crippen LogP contribution in [0.3, 0.4) is 0 Å². The van der Waals surface area contributed by atoms with E-state index in [0.717, 1.165) is 23.0 Å². The van der Waals surface area contributed by atoms with Crippen LogP contribution in [0.4, 0.5) is 0 Å². The number of hydrogen-bond donors (Lipinski definition) is 0. The highest BCUT2D eigenvalue weighted by Gasteiger charge is 2.22. The molecule has 0 aliphatic carbocycles. The zero-order valence-electron chi connectivity index (χ0n) is 7.71. The third kappa shape index (κ3) is 2.47. The summed E-state index contributed by atoms with van der Waals surface area (Å²) in [7, 11) is 0. The van der Waals surface area contributed by atoms with E-state index < -0.39 is 0 Å². The average Bonchev–Trinajstić information content (AvgIpc) is 2.66. The summed E-state index contributed by atoms with van der Waals surface area (Å²) in [5.41, 5.74) is 1.77. The molecule has 1 atom stereocenters. The van der Waals surface area contributed by atoms with Crippen molar-refractivity contribution in [2.45, 2.75) is 12.5 Å². The molecule has 80 valence electrons.